The first-order chi connectivity index (χ1) is 5.34. The second-order valence-electron chi connectivity index (χ2n) is 2.02. The molecule has 1 nitrogen and oxygen atoms in total. The van der Waals surface area contributed by atoms with Gasteiger partial charge in [0.1, 0.15) is 0 Å². The molecule has 0 spiro atoms. The van der Waals surface area contributed by atoms with E-state index in [1.54, 1.807) is 22.3 Å². The number of hydrogen-bond donors (Lipinski definition) is 0. The van der Waals surface area contributed by atoms with Crippen LogP contribution in [0.1, 0.15) is 10.4 Å². The fraction of sp³-hybridized carbons (Fsp3) is 0. The number of halogens is 1. The Bertz CT molecular complexity index is 264. The third kappa shape index (κ3) is 2.46. The Balaban J connectivity index is 2.86. The van der Waals surface area contributed by atoms with Gasteiger partial charge in [0.05, 0.1) is 0 Å². The van der Waals surface area contributed by atoms with Gasteiger partial charge in [-0.15, -0.1) is 0 Å². The van der Waals surface area contributed by atoms with E-state index in [9.17, 15) is 4.79 Å². The van der Waals surface area contributed by atoms with Gasteiger partial charge in [0.15, 0.2) is 5.78 Å². The van der Waals surface area contributed by atoms with Gasteiger partial charge in [0.25, 0.3) is 0 Å². The van der Waals surface area contributed by atoms with E-state index in [4.69, 9.17) is 0 Å². The van der Waals surface area contributed by atoms with Gasteiger partial charge in [-0.25, -0.2) is 0 Å². The summed E-state index contributed by atoms with van der Waals surface area (Å²) in [5.41, 5.74) is 0.736. The molecule has 0 aliphatic heterocycles. The van der Waals surface area contributed by atoms with Crippen molar-refractivity contribution < 1.29 is 4.79 Å². The molecule has 0 aliphatic rings. The number of rotatable bonds is 2. The molecule has 1 aromatic rings. The maximum atomic E-state index is 11.2. The molecular formula is C9H7IO. The van der Waals surface area contributed by atoms with Gasteiger partial charge in [-0.05, 0) is 10.2 Å². The van der Waals surface area contributed by atoms with E-state index in [0.717, 1.165) is 5.56 Å². The minimum Gasteiger partial charge on any atom is -0.289 e. The summed E-state index contributed by atoms with van der Waals surface area (Å²) in [7, 11) is 0. The molecule has 56 valence electrons. The van der Waals surface area contributed by atoms with Crippen LogP contribution in [0.4, 0.5) is 0 Å². The lowest BCUT2D eigenvalue weighted by Gasteiger charge is -1.91. The fourth-order valence-corrected chi connectivity index (χ4v) is 1.08. The van der Waals surface area contributed by atoms with Crippen LogP contribution in [-0.4, -0.2) is 5.78 Å². The molecule has 0 radical (unpaired) electrons. The van der Waals surface area contributed by atoms with Gasteiger partial charge >= 0.3 is 0 Å². The standard InChI is InChI=1S/C9H7IO/c10-7-6-9(11)8-4-2-1-3-5-8/h1-7H. The number of carbonyl (C=O) groups excluding carboxylic acids is 1. The number of ketones is 1. The fourth-order valence-electron chi connectivity index (χ4n) is 0.756. The van der Waals surface area contributed by atoms with Crippen molar-refractivity contribution >= 4 is 28.4 Å². The minimum absolute atomic E-state index is 0.0556. The van der Waals surface area contributed by atoms with Crippen molar-refractivity contribution in [3.8, 4) is 0 Å². The molecule has 0 saturated heterocycles. The first kappa shape index (κ1) is 8.46. The molecule has 0 saturated carbocycles. The maximum absolute atomic E-state index is 11.2. The quantitative estimate of drug-likeness (QED) is 0.453. The Morgan fingerprint density at radius 3 is 2.45 bits per heavy atom. The van der Waals surface area contributed by atoms with Crippen LogP contribution in [0, 0.1) is 0 Å². The molecule has 2 heteroatoms. The third-order valence-corrected chi connectivity index (χ3v) is 1.63. The second kappa shape index (κ2) is 4.28. The van der Waals surface area contributed by atoms with Gasteiger partial charge in [-0.3, -0.25) is 4.79 Å². The normalized spacial score (nSPS) is 10.3. The lowest BCUT2D eigenvalue weighted by molar-refractivity contribution is 0.104. The molecule has 0 amide bonds. The highest BCUT2D eigenvalue weighted by molar-refractivity contribution is 14.1. The van der Waals surface area contributed by atoms with E-state index in [0.29, 0.717) is 0 Å². The molecule has 0 aromatic heterocycles. The number of benzene rings is 1. The molecule has 11 heavy (non-hydrogen) atoms. The van der Waals surface area contributed by atoms with Crippen molar-refractivity contribution in [3.05, 3.63) is 46.1 Å². The average molecular weight is 258 g/mol. The van der Waals surface area contributed by atoms with E-state index in [2.05, 4.69) is 0 Å². The van der Waals surface area contributed by atoms with E-state index in [1.807, 2.05) is 40.8 Å². The molecule has 0 bridgehead atoms. The predicted octanol–water partition coefficient (Wildman–Crippen LogP) is 2.82. The number of allylic oxidation sites excluding steroid dienone is 1. The van der Waals surface area contributed by atoms with Crippen LogP contribution < -0.4 is 0 Å². The zero-order valence-corrected chi connectivity index (χ0v) is 7.99. The Hall–Kier alpha value is -0.640. The zero-order chi connectivity index (χ0) is 8.10. The summed E-state index contributed by atoms with van der Waals surface area (Å²) in [6, 6.07) is 9.21. The van der Waals surface area contributed by atoms with Gasteiger partial charge in [0, 0.05) is 5.56 Å². The topological polar surface area (TPSA) is 17.1 Å². The second-order valence-corrected chi connectivity index (χ2v) is 2.74. The predicted molar refractivity (Wildman–Crippen MR) is 53.9 cm³/mol. The van der Waals surface area contributed by atoms with E-state index < -0.39 is 0 Å². The van der Waals surface area contributed by atoms with Crippen LogP contribution in [0.25, 0.3) is 0 Å². The van der Waals surface area contributed by atoms with Crippen molar-refractivity contribution in [1.29, 1.82) is 0 Å². The zero-order valence-electron chi connectivity index (χ0n) is 5.83. The monoisotopic (exact) mass is 258 g/mol. The van der Waals surface area contributed by atoms with Crippen molar-refractivity contribution in [2.75, 3.05) is 0 Å². The summed E-state index contributed by atoms with van der Waals surface area (Å²) < 4.78 is 1.72. The summed E-state index contributed by atoms with van der Waals surface area (Å²) in [4.78, 5) is 11.2. The lowest BCUT2D eigenvalue weighted by Crippen LogP contribution is -1.91. The molecule has 0 fully saturated rings. The molecule has 1 rings (SSSR count). The molecular weight excluding hydrogens is 251 g/mol. The highest BCUT2D eigenvalue weighted by atomic mass is 127. The average Bonchev–Trinajstić information content (AvgIpc) is 2.07. The largest absolute Gasteiger partial charge is 0.289 e. The summed E-state index contributed by atoms with van der Waals surface area (Å²) in [6.07, 6.45) is 1.55. The van der Waals surface area contributed by atoms with E-state index >= 15 is 0 Å². The lowest BCUT2D eigenvalue weighted by atomic mass is 10.1. The maximum Gasteiger partial charge on any atom is 0.186 e. The van der Waals surface area contributed by atoms with Crippen LogP contribution in [0.15, 0.2) is 40.5 Å². The summed E-state index contributed by atoms with van der Waals surface area (Å²) in [5, 5.41) is 0. The Morgan fingerprint density at radius 2 is 1.91 bits per heavy atom. The van der Waals surface area contributed by atoms with Crippen LogP contribution >= 0.6 is 22.6 Å². The molecule has 1 aromatic carbocycles. The highest BCUT2D eigenvalue weighted by Crippen LogP contribution is 2.01. The summed E-state index contributed by atoms with van der Waals surface area (Å²) >= 11 is 2.03. The smallest absolute Gasteiger partial charge is 0.186 e. The molecule has 0 aliphatic carbocycles. The summed E-state index contributed by atoms with van der Waals surface area (Å²) in [6.45, 7) is 0. The molecule has 0 heterocycles. The van der Waals surface area contributed by atoms with Crippen LogP contribution in [0.2, 0.25) is 0 Å². The van der Waals surface area contributed by atoms with Crippen molar-refractivity contribution in [3.63, 3.8) is 0 Å². The van der Waals surface area contributed by atoms with E-state index in [1.165, 1.54) is 0 Å². The van der Waals surface area contributed by atoms with Crippen molar-refractivity contribution in [1.82, 2.24) is 0 Å². The SMILES string of the molecule is O=C(C=CI)c1ccccc1. The van der Waals surface area contributed by atoms with Gasteiger partial charge in [-0.1, -0.05) is 52.9 Å². The Morgan fingerprint density at radius 1 is 1.27 bits per heavy atom. The minimum atomic E-state index is 0.0556. The van der Waals surface area contributed by atoms with Crippen molar-refractivity contribution in [2.45, 2.75) is 0 Å². The van der Waals surface area contributed by atoms with E-state index in [-0.39, 0.29) is 5.78 Å². The number of carbonyl (C=O) groups is 1. The van der Waals surface area contributed by atoms with Crippen LogP contribution in [-0.2, 0) is 0 Å². The highest BCUT2D eigenvalue weighted by Gasteiger charge is 1.97. The third-order valence-electron chi connectivity index (χ3n) is 1.27. The van der Waals surface area contributed by atoms with Crippen LogP contribution in [0.3, 0.4) is 0 Å². The van der Waals surface area contributed by atoms with Crippen LogP contribution in [0.5, 0.6) is 0 Å². The van der Waals surface area contributed by atoms with Gasteiger partial charge in [-0.2, -0.15) is 0 Å². The Labute approximate surface area is 79.3 Å². The molecule has 0 unspecified atom stereocenters. The summed E-state index contributed by atoms with van der Waals surface area (Å²) in [5.74, 6) is 0.0556. The first-order valence-electron chi connectivity index (χ1n) is 3.21. The van der Waals surface area contributed by atoms with Gasteiger partial charge in [0.2, 0.25) is 0 Å². The number of hydrogen-bond acceptors (Lipinski definition) is 1. The molecule has 0 N–H and O–H groups in total. The first-order valence-corrected chi connectivity index (χ1v) is 4.45. The van der Waals surface area contributed by atoms with Crippen molar-refractivity contribution in [2.24, 2.45) is 0 Å². The van der Waals surface area contributed by atoms with Gasteiger partial charge < -0.3 is 0 Å². The molecule has 0 atom stereocenters. The Kier molecular flexibility index (Phi) is 3.29.